The van der Waals surface area contributed by atoms with Gasteiger partial charge < -0.3 is 15.6 Å². The van der Waals surface area contributed by atoms with E-state index in [-0.39, 0.29) is 5.75 Å². The summed E-state index contributed by atoms with van der Waals surface area (Å²) in [4.78, 5) is 0. The van der Waals surface area contributed by atoms with Crippen LogP contribution in [0.15, 0.2) is 40.9 Å². The highest BCUT2D eigenvalue weighted by Gasteiger charge is 2.07. The third kappa shape index (κ3) is 2.89. The molecule has 0 aliphatic rings. The number of halogens is 2. The zero-order valence-corrected chi connectivity index (χ0v) is 11.7. The molecule has 0 amide bonds. The predicted molar refractivity (Wildman–Crippen MR) is 76.0 cm³/mol. The van der Waals surface area contributed by atoms with Gasteiger partial charge in [0.2, 0.25) is 0 Å². The van der Waals surface area contributed by atoms with Crippen LogP contribution in [0.25, 0.3) is 0 Å². The summed E-state index contributed by atoms with van der Waals surface area (Å²) >= 11 is 9.37. The normalized spacial score (nSPS) is 10.3. The predicted octanol–water partition coefficient (Wildman–Crippen LogP) is 3.97. The van der Waals surface area contributed by atoms with E-state index in [1.165, 1.54) is 12.1 Å². The van der Waals surface area contributed by atoms with Crippen molar-refractivity contribution in [2.24, 2.45) is 0 Å². The lowest BCUT2D eigenvalue weighted by Gasteiger charge is -2.11. The van der Waals surface area contributed by atoms with Crippen LogP contribution in [0.2, 0.25) is 5.02 Å². The molecule has 0 saturated heterocycles. The molecule has 94 valence electrons. The van der Waals surface area contributed by atoms with Gasteiger partial charge in [0.1, 0.15) is 18.1 Å². The second-order valence-corrected chi connectivity index (χ2v) is 4.97. The summed E-state index contributed by atoms with van der Waals surface area (Å²) < 4.78 is 6.47. The quantitative estimate of drug-likeness (QED) is 0.838. The molecule has 5 heteroatoms. The van der Waals surface area contributed by atoms with Gasteiger partial charge in [-0.1, -0.05) is 33.6 Å². The van der Waals surface area contributed by atoms with Crippen molar-refractivity contribution in [2.45, 2.75) is 6.61 Å². The summed E-state index contributed by atoms with van der Waals surface area (Å²) in [5, 5.41) is 9.61. The Bertz CT molecular complexity index is 555. The summed E-state index contributed by atoms with van der Waals surface area (Å²) in [5.41, 5.74) is 7.38. The zero-order valence-electron chi connectivity index (χ0n) is 9.36. The minimum atomic E-state index is 0.104. The topological polar surface area (TPSA) is 55.5 Å². The molecule has 3 nitrogen and oxygen atoms in total. The highest BCUT2D eigenvalue weighted by atomic mass is 79.9. The van der Waals surface area contributed by atoms with Crippen LogP contribution < -0.4 is 10.5 Å². The van der Waals surface area contributed by atoms with Crippen molar-refractivity contribution in [1.82, 2.24) is 0 Å². The third-order valence-electron chi connectivity index (χ3n) is 2.44. The molecule has 0 aliphatic heterocycles. The first-order chi connectivity index (χ1) is 8.58. The van der Waals surface area contributed by atoms with Gasteiger partial charge in [0.15, 0.2) is 0 Å². The van der Waals surface area contributed by atoms with Crippen LogP contribution in [0.5, 0.6) is 11.5 Å². The highest BCUT2D eigenvalue weighted by Crippen LogP contribution is 2.30. The first kappa shape index (κ1) is 13.1. The Morgan fingerprint density at radius 1 is 1.28 bits per heavy atom. The highest BCUT2D eigenvalue weighted by molar-refractivity contribution is 9.10. The van der Waals surface area contributed by atoms with E-state index in [4.69, 9.17) is 22.1 Å². The van der Waals surface area contributed by atoms with E-state index in [0.29, 0.717) is 23.1 Å². The summed E-state index contributed by atoms with van der Waals surface area (Å²) in [6.45, 7) is 0.303. The SMILES string of the molecule is Nc1cccc(Br)c1COc1ccc(O)cc1Cl. The zero-order chi connectivity index (χ0) is 13.1. The van der Waals surface area contributed by atoms with Gasteiger partial charge in [-0.25, -0.2) is 0 Å². The molecule has 0 heterocycles. The van der Waals surface area contributed by atoms with Crippen molar-refractivity contribution in [1.29, 1.82) is 0 Å². The van der Waals surface area contributed by atoms with E-state index in [0.717, 1.165) is 10.0 Å². The summed E-state index contributed by atoms with van der Waals surface area (Å²) in [5.74, 6) is 0.609. The molecule has 0 spiro atoms. The van der Waals surface area contributed by atoms with Crippen molar-refractivity contribution in [2.75, 3.05) is 5.73 Å². The maximum atomic E-state index is 9.24. The van der Waals surface area contributed by atoms with Crippen molar-refractivity contribution < 1.29 is 9.84 Å². The van der Waals surface area contributed by atoms with Gasteiger partial charge in [0, 0.05) is 21.8 Å². The first-order valence-corrected chi connectivity index (χ1v) is 6.39. The number of anilines is 1. The summed E-state index contributed by atoms with van der Waals surface area (Å²) in [6, 6.07) is 10.1. The Morgan fingerprint density at radius 3 is 2.72 bits per heavy atom. The van der Waals surface area contributed by atoms with Crippen LogP contribution in [0.4, 0.5) is 5.69 Å². The van der Waals surface area contributed by atoms with Crippen molar-refractivity contribution >= 4 is 33.2 Å². The Balaban J connectivity index is 2.16. The van der Waals surface area contributed by atoms with Crippen LogP contribution in [0, 0.1) is 0 Å². The Kier molecular flexibility index (Phi) is 3.99. The van der Waals surface area contributed by atoms with Crippen LogP contribution >= 0.6 is 27.5 Å². The number of phenolic OH excluding ortho intramolecular Hbond substituents is 1. The van der Waals surface area contributed by atoms with Crippen molar-refractivity contribution in [3.63, 3.8) is 0 Å². The average Bonchev–Trinajstić information content (AvgIpc) is 2.31. The Morgan fingerprint density at radius 2 is 2.06 bits per heavy atom. The standard InChI is InChI=1S/C13H11BrClNO2/c14-10-2-1-3-12(16)9(10)7-18-13-5-4-8(17)6-11(13)15/h1-6,17H,7,16H2. The molecule has 3 N–H and O–H groups in total. The second kappa shape index (κ2) is 5.50. The van der Waals surface area contributed by atoms with Gasteiger partial charge in [0.05, 0.1) is 5.02 Å². The van der Waals surface area contributed by atoms with E-state index < -0.39 is 0 Å². The number of hydrogen-bond acceptors (Lipinski definition) is 3. The number of rotatable bonds is 3. The molecule has 2 aromatic carbocycles. The fraction of sp³-hybridized carbons (Fsp3) is 0.0769. The molecule has 0 aromatic heterocycles. The van der Waals surface area contributed by atoms with Crippen molar-refractivity contribution in [3.05, 3.63) is 51.5 Å². The molecule has 18 heavy (non-hydrogen) atoms. The van der Waals surface area contributed by atoms with Crippen LogP contribution in [-0.2, 0) is 6.61 Å². The molecule has 0 bridgehead atoms. The number of phenols is 1. The van der Waals surface area contributed by atoms with E-state index in [1.54, 1.807) is 6.07 Å². The lowest BCUT2D eigenvalue weighted by atomic mass is 10.2. The number of nitrogen functional groups attached to an aromatic ring is 1. The van der Waals surface area contributed by atoms with Gasteiger partial charge in [-0.05, 0) is 24.3 Å². The minimum Gasteiger partial charge on any atom is -0.508 e. The molecule has 0 radical (unpaired) electrons. The Labute approximate surface area is 118 Å². The molecule has 0 unspecified atom stereocenters. The first-order valence-electron chi connectivity index (χ1n) is 5.22. The molecular weight excluding hydrogens is 318 g/mol. The average molecular weight is 329 g/mol. The maximum Gasteiger partial charge on any atom is 0.138 e. The van der Waals surface area contributed by atoms with Gasteiger partial charge in [-0.3, -0.25) is 0 Å². The van der Waals surface area contributed by atoms with Crippen LogP contribution in [-0.4, -0.2) is 5.11 Å². The van der Waals surface area contributed by atoms with E-state index in [2.05, 4.69) is 15.9 Å². The lowest BCUT2D eigenvalue weighted by Crippen LogP contribution is -2.01. The van der Waals surface area contributed by atoms with Crippen LogP contribution in [0.1, 0.15) is 5.56 Å². The molecule has 2 rings (SSSR count). The smallest absolute Gasteiger partial charge is 0.138 e. The molecule has 2 aromatic rings. The van der Waals surface area contributed by atoms with Crippen LogP contribution in [0.3, 0.4) is 0 Å². The number of aromatic hydroxyl groups is 1. The monoisotopic (exact) mass is 327 g/mol. The molecule has 0 saturated carbocycles. The molecule has 0 fully saturated rings. The van der Waals surface area contributed by atoms with E-state index in [9.17, 15) is 5.11 Å². The van der Waals surface area contributed by atoms with Gasteiger partial charge in [0.25, 0.3) is 0 Å². The Hall–Kier alpha value is -1.39. The molecule has 0 aliphatic carbocycles. The maximum absolute atomic E-state index is 9.24. The number of benzene rings is 2. The fourth-order valence-corrected chi connectivity index (χ4v) is 2.21. The van der Waals surface area contributed by atoms with Gasteiger partial charge >= 0.3 is 0 Å². The van der Waals surface area contributed by atoms with Crippen molar-refractivity contribution in [3.8, 4) is 11.5 Å². The largest absolute Gasteiger partial charge is 0.508 e. The summed E-state index contributed by atoms with van der Waals surface area (Å²) in [7, 11) is 0. The number of nitrogens with two attached hydrogens (primary N) is 1. The number of hydrogen-bond donors (Lipinski definition) is 2. The second-order valence-electron chi connectivity index (χ2n) is 3.71. The fourth-order valence-electron chi connectivity index (χ4n) is 1.48. The summed E-state index contributed by atoms with van der Waals surface area (Å²) in [6.07, 6.45) is 0. The third-order valence-corrected chi connectivity index (χ3v) is 3.48. The minimum absolute atomic E-state index is 0.104. The van der Waals surface area contributed by atoms with E-state index in [1.807, 2.05) is 18.2 Å². The lowest BCUT2D eigenvalue weighted by molar-refractivity contribution is 0.306. The van der Waals surface area contributed by atoms with Gasteiger partial charge in [-0.2, -0.15) is 0 Å². The number of ether oxygens (including phenoxy) is 1. The molecule has 0 atom stereocenters. The van der Waals surface area contributed by atoms with Gasteiger partial charge in [-0.15, -0.1) is 0 Å². The molecular formula is C13H11BrClNO2. The van der Waals surface area contributed by atoms with E-state index >= 15 is 0 Å².